The number of fused-ring (bicyclic) bond motifs is 4. The maximum absolute atomic E-state index is 12.8. The normalized spacial score (nSPS) is 17.9. The summed E-state index contributed by atoms with van der Waals surface area (Å²) in [4.78, 5) is 49.1. The van der Waals surface area contributed by atoms with Crippen LogP contribution in [-0.4, -0.2) is 82.2 Å². The first kappa shape index (κ1) is 39.7. The van der Waals surface area contributed by atoms with E-state index in [0.717, 1.165) is 66.9 Å². The summed E-state index contributed by atoms with van der Waals surface area (Å²) < 4.78 is 19.4. The zero-order valence-electron chi connectivity index (χ0n) is 34.4. The summed E-state index contributed by atoms with van der Waals surface area (Å²) in [6, 6.07) is 25.6. The first-order chi connectivity index (χ1) is 29.8. The van der Waals surface area contributed by atoms with Gasteiger partial charge in [-0.25, -0.2) is 4.98 Å². The molecule has 3 amide bonds. The number of aryl methyl sites for hydroxylation is 1. The monoisotopic (exact) mass is 816 g/mol. The molecule has 1 saturated carbocycles. The molecule has 0 radical (unpaired) electrons. The van der Waals surface area contributed by atoms with Crippen LogP contribution in [0.5, 0.6) is 11.6 Å². The molecule has 10 rings (SSSR count). The lowest BCUT2D eigenvalue weighted by Gasteiger charge is -2.33. The molecule has 1 atom stereocenters. The molecule has 1 aliphatic carbocycles. The molecule has 3 fully saturated rings. The number of imide groups is 1. The van der Waals surface area contributed by atoms with Crippen LogP contribution in [-0.2, 0) is 27.9 Å². The Morgan fingerprint density at radius 1 is 0.836 bits per heavy atom. The molecule has 3 aromatic carbocycles. The van der Waals surface area contributed by atoms with E-state index in [1.807, 2.05) is 42.9 Å². The summed E-state index contributed by atoms with van der Waals surface area (Å²) in [5.41, 5.74) is 8.13. The van der Waals surface area contributed by atoms with Crippen LogP contribution >= 0.6 is 0 Å². The van der Waals surface area contributed by atoms with E-state index in [2.05, 4.69) is 86.1 Å². The molecule has 4 aliphatic rings. The molecule has 6 aromatic rings. The predicted molar refractivity (Wildman–Crippen MR) is 233 cm³/mol. The number of piperidine rings is 2. The van der Waals surface area contributed by atoms with Crippen molar-refractivity contribution in [2.24, 2.45) is 7.05 Å². The van der Waals surface area contributed by atoms with Crippen molar-refractivity contribution in [1.82, 2.24) is 24.8 Å². The van der Waals surface area contributed by atoms with Crippen LogP contribution in [0.15, 0.2) is 97.5 Å². The first-order valence-electron chi connectivity index (χ1n) is 21.0. The number of nitrogens with one attached hydrogen (secondary N) is 1. The summed E-state index contributed by atoms with van der Waals surface area (Å²) in [6.45, 7) is 2.48. The van der Waals surface area contributed by atoms with Crippen molar-refractivity contribution in [1.29, 1.82) is 0 Å². The number of benzene rings is 3. The molecule has 61 heavy (non-hydrogen) atoms. The van der Waals surface area contributed by atoms with E-state index >= 15 is 0 Å². The van der Waals surface area contributed by atoms with Crippen molar-refractivity contribution in [3.05, 3.63) is 114 Å². The van der Waals surface area contributed by atoms with Crippen LogP contribution in [0.4, 0.5) is 5.69 Å². The number of nitrogens with zero attached hydrogens (tertiary/aromatic N) is 5. The van der Waals surface area contributed by atoms with Gasteiger partial charge >= 0.3 is 0 Å². The van der Waals surface area contributed by atoms with Gasteiger partial charge in [0.15, 0.2) is 0 Å². The Morgan fingerprint density at radius 3 is 2.46 bits per heavy atom. The number of pyridine rings is 2. The molecule has 3 aromatic heterocycles. The number of hydrogen-bond acceptors (Lipinski definition) is 9. The predicted octanol–water partition coefficient (Wildman–Crippen LogP) is 7.21. The summed E-state index contributed by atoms with van der Waals surface area (Å²) in [7, 11) is 3.87. The van der Waals surface area contributed by atoms with Gasteiger partial charge in [-0.3, -0.25) is 24.7 Å². The number of amides is 3. The molecule has 3 aliphatic heterocycles. The van der Waals surface area contributed by atoms with Crippen LogP contribution < -0.4 is 19.7 Å². The molecule has 1 unspecified atom stereocenters. The Hall–Kier alpha value is -6.71. The number of carbonyl (C=O) groups is 3. The fourth-order valence-electron chi connectivity index (χ4n) is 8.54. The third-order valence-corrected chi connectivity index (χ3v) is 12.2. The van der Waals surface area contributed by atoms with Gasteiger partial charge in [0.05, 0.1) is 11.6 Å². The highest BCUT2D eigenvalue weighted by atomic mass is 16.5. The Morgan fingerprint density at radius 2 is 1.69 bits per heavy atom. The molecular formula is C49H48N6O6. The van der Waals surface area contributed by atoms with Crippen molar-refractivity contribution in [3.8, 4) is 34.6 Å². The van der Waals surface area contributed by atoms with E-state index in [1.54, 1.807) is 19.2 Å². The second kappa shape index (κ2) is 17.5. The average Bonchev–Trinajstić information content (AvgIpc) is 3.76. The fourth-order valence-corrected chi connectivity index (χ4v) is 8.54. The van der Waals surface area contributed by atoms with Gasteiger partial charge in [-0.05, 0) is 104 Å². The van der Waals surface area contributed by atoms with E-state index in [4.69, 9.17) is 14.2 Å². The summed E-state index contributed by atoms with van der Waals surface area (Å²) in [5, 5.41) is 4.74. The van der Waals surface area contributed by atoms with Gasteiger partial charge in [-0.1, -0.05) is 30.0 Å². The van der Waals surface area contributed by atoms with E-state index in [0.29, 0.717) is 36.5 Å². The molecule has 12 heteroatoms. The minimum atomic E-state index is -0.625. The molecule has 1 N–H and O–H groups in total. The number of hydrogen-bond donors (Lipinski definition) is 1. The smallest absolute Gasteiger partial charge is 0.255 e. The molecule has 2 saturated heterocycles. The molecule has 12 nitrogen and oxygen atoms in total. The second-order valence-electron chi connectivity index (χ2n) is 16.0. The van der Waals surface area contributed by atoms with Gasteiger partial charge in [0.25, 0.3) is 5.91 Å². The maximum atomic E-state index is 12.8. The van der Waals surface area contributed by atoms with Crippen molar-refractivity contribution >= 4 is 45.2 Å². The number of methoxy groups -OCH3 is 1. The van der Waals surface area contributed by atoms with Gasteiger partial charge in [0, 0.05) is 104 Å². The van der Waals surface area contributed by atoms with Gasteiger partial charge in [-0.15, -0.1) is 0 Å². The lowest BCUT2D eigenvalue weighted by Crippen LogP contribution is -2.52. The van der Waals surface area contributed by atoms with Gasteiger partial charge < -0.3 is 28.6 Å². The number of rotatable bonds is 8. The average molecular weight is 817 g/mol. The largest absolute Gasteiger partial charge is 0.481 e. The van der Waals surface area contributed by atoms with Crippen molar-refractivity contribution in [2.75, 3.05) is 31.7 Å². The number of ether oxygens (including phenoxy) is 3. The Kier molecular flexibility index (Phi) is 11.4. The fraction of sp³-hybridized carbons (Fsp3) is 0.327. The molecule has 0 bridgehead atoms. The third kappa shape index (κ3) is 8.52. The number of aromatic nitrogens is 3. The summed E-state index contributed by atoms with van der Waals surface area (Å²) in [5.74, 6) is 6.68. The number of carbonyl (C=O) groups excluding carboxylic acids is 3. The van der Waals surface area contributed by atoms with E-state index in [1.165, 1.54) is 38.8 Å². The topological polar surface area (TPSA) is 128 Å². The van der Waals surface area contributed by atoms with E-state index < -0.39 is 11.9 Å². The Balaban J connectivity index is 0.000000166. The lowest BCUT2D eigenvalue weighted by molar-refractivity contribution is -0.136. The lowest BCUT2D eigenvalue weighted by atomic mass is 9.96. The quantitative estimate of drug-likeness (QED) is 0.125. The Labute approximate surface area is 354 Å². The molecule has 310 valence electrons. The summed E-state index contributed by atoms with van der Waals surface area (Å²) >= 11 is 0. The number of anilines is 1. The minimum Gasteiger partial charge on any atom is -0.481 e. The highest BCUT2D eigenvalue weighted by molar-refractivity contribution is 6.08. The third-order valence-electron chi connectivity index (χ3n) is 12.2. The Bertz CT molecular complexity index is 2670. The summed E-state index contributed by atoms with van der Waals surface area (Å²) in [6.07, 6.45) is 12.6. The zero-order valence-corrected chi connectivity index (χ0v) is 34.4. The van der Waals surface area contributed by atoms with Crippen LogP contribution in [0.1, 0.15) is 66.4 Å². The second-order valence-corrected chi connectivity index (χ2v) is 16.0. The highest BCUT2D eigenvalue weighted by Crippen LogP contribution is 2.33. The molecule has 6 heterocycles. The highest BCUT2D eigenvalue weighted by Gasteiger charge is 2.39. The van der Waals surface area contributed by atoms with Gasteiger partial charge in [0.1, 0.15) is 24.5 Å². The van der Waals surface area contributed by atoms with Crippen molar-refractivity contribution in [3.63, 3.8) is 0 Å². The molecule has 0 spiro atoms. The van der Waals surface area contributed by atoms with E-state index in [-0.39, 0.29) is 24.8 Å². The van der Waals surface area contributed by atoms with Crippen molar-refractivity contribution < 1.29 is 28.6 Å². The van der Waals surface area contributed by atoms with Gasteiger partial charge in [-0.2, -0.15) is 0 Å². The van der Waals surface area contributed by atoms with Crippen molar-refractivity contribution in [2.45, 2.75) is 69.7 Å². The first-order valence-corrected chi connectivity index (χ1v) is 21.0. The zero-order chi connectivity index (χ0) is 41.9. The molecular weight excluding hydrogens is 769 g/mol. The van der Waals surface area contributed by atoms with Crippen LogP contribution in [0.25, 0.3) is 32.9 Å². The van der Waals surface area contributed by atoms with Crippen LogP contribution in [0.3, 0.4) is 0 Å². The minimum absolute atomic E-state index is 0.197. The standard InChI is InChI=1S/C28H29N3O5.C21H19N3O/c1-35-22-11-13-30(14-12-22)21-6-2-4-19(16-21)5-3-15-36-23-7-8-24-20(17-23)18-31(28(24)34)25-9-10-26(32)29-27(25)33;1-24-19-9-10-22-13-18(19)17-7-5-14(11-20(17)24)15-6-8-21(23-12-15)25-16-3-2-4-16/h2,4,6-8,16-17,22,25H,9-15,18H2,1H3,(H,29,32,33);5-13,16H,2-4H2,1H3. The van der Waals surface area contributed by atoms with Crippen LogP contribution in [0, 0.1) is 11.8 Å². The van der Waals surface area contributed by atoms with Gasteiger partial charge in [0.2, 0.25) is 17.7 Å². The van der Waals surface area contributed by atoms with E-state index in [9.17, 15) is 14.4 Å². The SMILES string of the molecule is COC1CCN(c2cccc(C#CCOc3ccc4c(c3)CN(C3CCC(=O)NC3=O)C4=O)c2)CC1.Cn1c2ccncc2c2ccc(-c3ccc(OC4CCC4)nc3)cc21. The maximum Gasteiger partial charge on any atom is 0.255 e. The van der Waals surface area contributed by atoms with Crippen LogP contribution in [0.2, 0.25) is 0 Å².